The standard InChI is InChI=1S/CCl3.Ti/c2-1(3)4;/q-1;+2. The smallest absolute Gasteiger partial charge is 0.312 e. The zero-order valence-electron chi connectivity index (χ0n) is 2.13. The van der Waals surface area contributed by atoms with E-state index in [0.29, 0.717) is 0 Å². The number of hydrogen-bond acceptors (Lipinski definition) is 0. The van der Waals surface area contributed by atoms with E-state index in [1.165, 1.54) is 0 Å². The Balaban J connectivity index is 0. The van der Waals surface area contributed by atoms with Crippen LogP contribution in [0.15, 0.2) is 0 Å². The Morgan fingerprint density at radius 1 is 1.00 bits per heavy atom. The van der Waals surface area contributed by atoms with Crippen molar-refractivity contribution in [1.29, 1.82) is 0 Å². The molecule has 0 amide bonds. The molecule has 0 heterocycles. The van der Waals surface area contributed by atoms with Crippen LogP contribution in [0.25, 0.3) is 0 Å². The van der Waals surface area contributed by atoms with E-state index in [1.807, 2.05) is 0 Å². The molecule has 0 bridgehead atoms. The predicted octanol–water partition coefficient (Wildman–Crippen LogP) is 2.15. The zero-order chi connectivity index (χ0) is 3.58. The molecule has 0 aromatic rings. The van der Waals surface area contributed by atoms with Gasteiger partial charge in [-0.2, -0.15) is 0 Å². The van der Waals surface area contributed by atoms with Crippen LogP contribution in [0.3, 0.4) is 0 Å². The first-order valence-electron chi connectivity index (χ1n) is 0.567. The van der Waals surface area contributed by atoms with Crippen molar-refractivity contribution in [2.24, 2.45) is 0 Å². The van der Waals surface area contributed by atoms with Crippen LogP contribution in [0.1, 0.15) is 0 Å². The van der Waals surface area contributed by atoms with Crippen molar-refractivity contribution >= 4 is 34.8 Å². The Morgan fingerprint density at radius 2 is 1.00 bits per heavy atom. The molecule has 0 saturated heterocycles. The summed E-state index contributed by atoms with van der Waals surface area (Å²) in [6, 6.07) is 0. The van der Waals surface area contributed by atoms with E-state index in [1.54, 1.807) is 0 Å². The fourth-order valence-corrected chi connectivity index (χ4v) is 0. The van der Waals surface area contributed by atoms with Crippen LogP contribution < -0.4 is 0 Å². The maximum Gasteiger partial charge on any atom is 2.00 e. The van der Waals surface area contributed by atoms with Crippen molar-refractivity contribution in [3.8, 4) is 0 Å². The van der Waals surface area contributed by atoms with Crippen LogP contribution >= 0.6 is 34.8 Å². The molecule has 0 spiro atoms. The van der Waals surface area contributed by atoms with Gasteiger partial charge in [0.1, 0.15) is 0 Å². The Labute approximate surface area is 60.7 Å². The van der Waals surface area contributed by atoms with E-state index in [9.17, 15) is 0 Å². The van der Waals surface area contributed by atoms with E-state index in [0.717, 1.165) is 0 Å². The van der Waals surface area contributed by atoms with Gasteiger partial charge in [-0.05, 0) is 0 Å². The second-order valence-corrected chi connectivity index (χ2v) is 1.93. The molecule has 0 saturated carbocycles. The van der Waals surface area contributed by atoms with Crippen LogP contribution in [0.2, 0.25) is 0 Å². The Morgan fingerprint density at radius 3 is 1.00 bits per heavy atom. The molecule has 0 radical (unpaired) electrons. The summed E-state index contributed by atoms with van der Waals surface area (Å²) in [5, 5.41) is 0. The molecule has 0 aromatic carbocycles. The Kier molecular flexibility index (Phi) is 10.9. The summed E-state index contributed by atoms with van der Waals surface area (Å²) in [6.07, 6.45) is 0. The minimum Gasteiger partial charge on any atom is -0.312 e. The monoisotopic (exact) mass is 165 g/mol. The molecule has 0 aliphatic carbocycles. The normalized spacial score (nSPS) is 7.20. The van der Waals surface area contributed by atoms with Crippen LogP contribution in [-0.4, -0.2) is 0 Å². The minimum absolute atomic E-state index is 0. The second-order valence-electron chi connectivity index (χ2n) is 0.214. The maximum atomic E-state index is 4.72. The summed E-state index contributed by atoms with van der Waals surface area (Å²) >= 11 is 14.2. The third kappa shape index (κ3) is 28.6. The van der Waals surface area contributed by atoms with Crippen molar-refractivity contribution in [3.05, 3.63) is 4.30 Å². The summed E-state index contributed by atoms with van der Waals surface area (Å²) < 4.78 is -0.167. The molecule has 5 heavy (non-hydrogen) atoms. The summed E-state index contributed by atoms with van der Waals surface area (Å²) in [5.74, 6) is 0. The Bertz CT molecular complexity index is 11.6. The number of rotatable bonds is 0. The molecule has 28 valence electrons. The molecule has 0 fully saturated rings. The van der Waals surface area contributed by atoms with Gasteiger partial charge in [-0.15, -0.1) is 0 Å². The predicted molar refractivity (Wildman–Crippen MR) is 20.8 cm³/mol. The summed E-state index contributed by atoms with van der Waals surface area (Å²) in [7, 11) is 0. The third-order valence-electron chi connectivity index (χ3n) is 0. The van der Waals surface area contributed by atoms with Gasteiger partial charge in [0.05, 0.1) is 0 Å². The molecule has 0 aliphatic heterocycles. The van der Waals surface area contributed by atoms with Crippen LogP contribution in [0, 0.1) is 4.30 Å². The van der Waals surface area contributed by atoms with E-state index in [4.69, 9.17) is 34.8 Å². The van der Waals surface area contributed by atoms with E-state index in [-0.39, 0.29) is 26.0 Å². The van der Waals surface area contributed by atoms with Gasteiger partial charge in [0, 0.05) is 0 Å². The molecule has 0 aromatic heterocycles. The van der Waals surface area contributed by atoms with Crippen LogP contribution in [0.5, 0.6) is 0 Å². The third-order valence-corrected chi connectivity index (χ3v) is 0. The molecule has 0 N–H and O–H groups in total. The molecule has 0 aliphatic rings. The molecule has 0 nitrogen and oxygen atoms in total. The average Bonchev–Trinajstić information content (AvgIpc) is 0.811. The molecular weight excluding hydrogens is 166 g/mol. The minimum atomic E-state index is -0.167. The first-order chi connectivity index (χ1) is 1.73. The molecular formula is CCl3Ti+. The SMILES string of the molecule is Cl[C-](Cl)Cl.[Ti+2]. The van der Waals surface area contributed by atoms with Crippen molar-refractivity contribution in [1.82, 2.24) is 0 Å². The van der Waals surface area contributed by atoms with E-state index >= 15 is 0 Å². The molecule has 0 unspecified atom stereocenters. The zero-order valence-corrected chi connectivity index (χ0v) is 5.96. The van der Waals surface area contributed by atoms with Gasteiger partial charge in [-0.3, -0.25) is 0 Å². The van der Waals surface area contributed by atoms with Gasteiger partial charge in [-0.1, -0.05) is 4.30 Å². The van der Waals surface area contributed by atoms with Gasteiger partial charge in [0.15, 0.2) is 0 Å². The van der Waals surface area contributed by atoms with Gasteiger partial charge >= 0.3 is 21.7 Å². The fourth-order valence-electron chi connectivity index (χ4n) is 0. The molecule has 0 atom stereocenters. The summed E-state index contributed by atoms with van der Waals surface area (Å²) in [5.41, 5.74) is 0. The Hall–Kier alpha value is 1.58. The fraction of sp³-hybridized carbons (Fsp3) is 0. The largest absolute Gasteiger partial charge is 2.00 e. The van der Waals surface area contributed by atoms with Crippen LogP contribution in [-0.2, 0) is 21.7 Å². The van der Waals surface area contributed by atoms with Gasteiger partial charge in [0.2, 0.25) is 0 Å². The first kappa shape index (κ1) is 9.77. The van der Waals surface area contributed by atoms with Crippen molar-refractivity contribution in [3.63, 3.8) is 0 Å². The molecule has 4 heteroatoms. The number of hydrogen-bond donors (Lipinski definition) is 0. The van der Waals surface area contributed by atoms with Crippen molar-refractivity contribution in [2.75, 3.05) is 0 Å². The summed E-state index contributed by atoms with van der Waals surface area (Å²) in [6.45, 7) is 0. The van der Waals surface area contributed by atoms with E-state index in [2.05, 4.69) is 0 Å². The van der Waals surface area contributed by atoms with Crippen LogP contribution in [0.4, 0.5) is 0 Å². The number of halogens is 3. The molecule has 0 rings (SSSR count). The first-order valence-corrected chi connectivity index (χ1v) is 1.70. The summed E-state index contributed by atoms with van der Waals surface area (Å²) in [4.78, 5) is 0. The quantitative estimate of drug-likeness (QED) is 0.382. The van der Waals surface area contributed by atoms with Crippen molar-refractivity contribution in [2.45, 2.75) is 0 Å². The maximum absolute atomic E-state index is 4.72. The van der Waals surface area contributed by atoms with E-state index < -0.39 is 0 Å². The van der Waals surface area contributed by atoms with Gasteiger partial charge in [0.25, 0.3) is 0 Å². The van der Waals surface area contributed by atoms with Gasteiger partial charge in [-0.25, -0.2) is 0 Å². The second kappa shape index (κ2) is 5.58. The topological polar surface area (TPSA) is 0 Å². The van der Waals surface area contributed by atoms with Gasteiger partial charge < -0.3 is 34.8 Å². The average molecular weight is 166 g/mol. The van der Waals surface area contributed by atoms with Crippen molar-refractivity contribution < 1.29 is 21.7 Å².